The van der Waals surface area contributed by atoms with Crippen molar-refractivity contribution in [1.82, 2.24) is 14.9 Å². The monoisotopic (exact) mass is 301 g/mol. The Morgan fingerprint density at radius 1 is 1.57 bits per heavy atom. The molecule has 0 aromatic carbocycles. The van der Waals surface area contributed by atoms with Crippen molar-refractivity contribution in [2.45, 2.75) is 12.2 Å². The highest BCUT2D eigenvalue weighted by atomic mass is 19.3. The number of carbonyl (C=O) groups excluding carboxylic acids is 1. The summed E-state index contributed by atoms with van der Waals surface area (Å²) in [6.07, 6.45) is -0.232. The van der Waals surface area contributed by atoms with Crippen molar-refractivity contribution < 1.29 is 32.7 Å². The fourth-order valence-electron chi connectivity index (χ4n) is 2.19. The molecule has 1 aromatic heterocycles. The van der Waals surface area contributed by atoms with Gasteiger partial charge < -0.3 is 14.4 Å². The number of hydroxylamine groups is 2. The van der Waals surface area contributed by atoms with Gasteiger partial charge in [-0.1, -0.05) is 0 Å². The third-order valence-corrected chi connectivity index (χ3v) is 3.09. The van der Waals surface area contributed by atoms with Gasteiger partial charge in [-0.2, -0.15) is 18.7 Å². The number of carboxylic acids is 1. The van der Waals surface area contributed by atoms with E-state index in [1.807, 2.05) is 0 Å². The number of halogens is 2. The van der Waals surface area contributed by atoms with Gasteiger partial charge in [0.05, 0.1) is 18.8 Å². The minimum absolute atomic E-state index is 0.119. The second kappa shape index (κ2) is 4.52. The molecule has 0 saturated carbocycles. The largest absolute Gasteiger partial charge is 0.476 e. The number of hydrogen-bond donors (Lipinski definition) is 1. The van der Waals surface area contributed by atoms with Crippen molar-refractivity contribution in [2.24, 2.45) is 0 Å². The first-order valence-corrected chi connectivity index (χ1v) is 5.87. The summed E-state index contributed by atoms with van der Waals surface area (Å²) in [5, 5.41) is 8.73. The zero-order chi connectivity index (χ0) is 15.2. The lowest BCUT2D eigenvalue weighted by molar-refractivity contribution is -0.324. The van der Waals surface area contributed by atoms with Gasteiger partial charge in [0.2, 0.25) is 5.89 Å². The number of carboxylic acid groups (broad SMARTS) is 1. The molecule has 2 bridgehead atoms. The molecule has 1 fully saturated rings. The molecule has 1 unspecified atom stereocenters. The smallest absolute Gasteiger partial charge is 0.475 e. The number of oxazole rings is 1. The zero-order valence-corrected chi connectivity index (χ0v) is 10.4. The summed E-state index contributed by atoms with van der Waals surface area (Å²) in [5.74, 6) is -2.20. The van der Waals surface area contributed by atoms with E-state index in [4.69, 9.17) is 9.52 Å². The van der Waals surface area contributed by atoms with Crippen LogP contribution in [0.3, 0.4) is 0 Å². The molecular weight excluding hydrogens is 292 g/mol. The summed E-state index contributed by atoms with van der Waals surface area (Å²) in [6, 6.07) is -1.67. The van der Waals surface area contributed by atoms with Crippen LogP contribution in [-0.2, 0) is 9.63 Å². The molecule has 1 atom stereocenters. The lowest BCUT2D eigenvalue weighted by Gasteiger charge is -2.22. The molecule has 0 aliphatic carbocycles. The van der Waals surface area contributed by atoms with E-state index in [-0.39, 0.29) is 19.0 Å². The van der Waals surface area contributed by atoms with Crippen LogP contribution in [0.4, 0.5) is 13.6 Å². The average Bonchev–Trinajstić information content (AvgIpc) is 3.03. The first kappa shape index (κ1) is 13.5. The van der Waals surface area contributed by atoms with Gasteiger partial charge >= 0.3 is 18.1 Å². The van der Waals surface area contributed by atoms with Gasteiger partial charge in [-0.05, 0) is 6.08 Å². The van der Waals surface area contributed by atoms with Gasteiger partial charge in [-0.15, -0.1) is 0 Å². The van der Waals surface area contributed by atoms with E-state index in [1.54, 1.807) is 0 Å². The summed E-state index contributed by atoms with van der Waals surface area (Å²) in [4.78, 5) is 31.5. The van der Waals surface area contributed by atoms with Crippen LogP contribution in [0.2, 0.25) is 0 Å². The molecular formula is C11H9F2N3O5. The van der Waals surface area contributed by atoms with E-state index in [0.717, 1.165) is 0 Å². The van der Waals surface area contributed by atoms with Crippen LogP contribution in [0.1, 0.15) is 5.89 Å². The molecule has 2 aliphatic rings. The van der Waals surface area contributed by atoms with Crippen LogP contribution in [0.25, 0.3) is 5.57 Å². The number of alkyl halides is 2. The van der Waals surface area contributed by atoms with Crippen molar-refractivity contribution in [1.29, 1.82) is 0 Å². The Morgan fingerprint density at radius 2 is 2.33 bits per heavy atom. The summed E-state index contributed by atoms with van der Waals surface area (Å²) in [7, 11) is 0. The van der Waals surface area contributed by atoms with Crippen LogP contribution in [0, 0.1) is 0 Å². The molecule has 1 saturated heterocycles. The Morgan fingerprint density at radius 3 is 2.95 bits per heavy atom. The van der Waals surface area contributed by atoms with E-state index in [0.29, 0.717) is 10.6 Å². The van der Waals surface area contributed by atoms with Gasteiger partial charge in [0.25, 0.3) is 0 Å². The minimum Gasteiger partial charge on any atom is -0.475 e. The quantitative estimate of drug-likeness (QED) is 0.883. The summed E-state index contributed by atoms with van der Waals surface area (Å²) in [5.41, 5.74) is 0.536. The third kappa shape index (κ3) is 2.23. The minimum atomic E-state index is -4.48. The molecule has 1 N–H and O–H groups in total. The fourth-order valence-corrected chi connectivity index (χ4v) is 2.19. The van der Waals surface area contributed by atoms with Gasteiger partial charge in [0, 0.05) is 12.1 Å². The van der Waals surface area contributed by atoms with E-state index < -0.39 is 24.2 Å². The third-order valence-electron chi connectivity index (χ3n) is 3.09. The Bertz CT molecular complexity index is 615. The maximum atomic E-state index is 13.1. The number of carbonyl (C=O) groups is 2. The summed E-state index contributed by atoms with van der Waals surface area (Å²) in [6.45, 7) is 0.243. The predicted octanol–water partition coefficient (Wildman–Crippen LogP) is 0.787. The van der Waals surface area contributed by atoms with E-state index >= 15 is 0 Å². The maximum Gasteiger partial charge on any atom is 0.476 e. The highest BCUT2D eigenvalue weighted by Gasteiger charge is 2.50. The second-order valence-electron chi connectivity index (χ2n) is 4.50. The first-order valence-electron chi connectivity index (χ1n) is 5.87. The molecule has 3 rings (SSSR count). The molecule has 2 aliphatic heterocycles. The molecule has 3 heterocycles. The molecule has 10 heteroatoms. The normalized spacial score (nSPS) is 21.7. The fraction of sp³-hybridized carbons (Fsp3) is 0.364. The van der Waals surface area contributed by atoms with E-state index in [1.165, 1.54) is 23.4 Å². The lowest BCUT2D eigenvalue weighted by atomic mass is 10.1. The molecule has 8 nitrogen and oxygen atoms in total. The highest BCUT2D eigenvalue weighted by Crippen LogP contribution is 2.31. The average molecular weight is 301 g/mol. The molecule has 2 amide bonds. The number of aliphatic carboxylic acids is 1. The number of hydrogen-bond acceptors (Lipinski definition) is 5. The number of rotatable bonds is 4. The number of amides is 2. The van der Waals surface area contributed by atoms with E-state index in [9.17, 15) is 18.4 Å². The Kier molecular flexibility index (Phi) is 2.90. The molecule has 0 radical (unpaired) electrons. The van der Waals surface area contributed by atoms with Crippen molar-refractivity contribution >= 4 is 17.6 Å². The number of fused-ring (bicyclic) bond motifs is 2. The summed E-state index contributed by atoms with van der Waals surface area (Å²) < 4.78 is 31.3. The van der Waals surface area contributed by atoms with Crippen LogP contribution in [0.5, 0.6) is 0 Å². The summed E-state index contributed by atoms with van der Waals surface area (Å²) >= 11 is 0. The van der Waals surface area contributed by atoms with Crippen molar-refractivity contribution in [2.75, 3.05) is 13.1 Å². The number of aromatic nitrogens is 1. The van der Waals surface area contributed by atoms with Crippen LogP contribution >= 0.6 is 0 Å². The van der Waals surface area contributed by atoms with Crippen molar-refractivity contribution in [3.63, 3.8) is 0 Å². The van der Waals surface area contributed by atoms with Crippen LogP contribution in [0.15, 0.2) is 23.0 Å². The highest BCUT2D eigenvalue weighted by molar-refractivity contribution is 5.82. The lowest BCUT2D eigenvalue weighted by Crippen LogP contribution is -2.43. The molecule has 1 aromatic rings. The van der Waals surface area contributed by atoms with Gasteiger partial charge in [-0.25, -0.2) is 14.6 Å². The van der Waals surface area contributed by atoms with Gasteiger partial charge in [0.1, 0.15) is 6.26 Å². The predicted molar refractivity (Wildman–Crippen MR) is 60.7 cm³/mol. The Balaban J connectivity index is 1.85. The van der Waals surface area contributed by atoms with Crippen LogP contribution in [-0.4, -0.2) is 57.3 Å². The maximum absolute atomic E-state index is 13.1. The number of urea groups is 1. The zero-order valence-electron chi connectivity index (χ0n) is 10.4. The second-order valence-corrected chi connectivity index (χ2v) is 4.50. The van der Waals surface area contributed by atoms with Gasteiger partial charge in [-0.3, -0.25) is 0 Å². The number of nitrogens with zero attached hydrogens (tertiary/aromatic N) is 3. The topological polar surface area (TPSA) is 96.1 Å². The standard InChI is InChI=1S/C11H9F2N3O5/c12-11(13,9(17)18)21-16-7-3-6(8-14-1-2-20-8)4-15(5-7)10(16)19/h1-3,7H,4-5H2,(H,17,18). The SMILES string of the molecule is O=C1N2CC(c3ncco3)=CC(C2)N1OC(F)(F)C(=O)O. The molecule has 0 spiro atoms. The van der Waals surface area contributed by atoms with Gasteiger partial charge in [0.15, 0.2) is 0 Å². The first-order chi connectivity index (χ1) is 9.88. The molecule has 21 heavy (non-hydrogen) atoms. The van der Waals surface area contributed by atoms with Crippen molar-refractivity contribution in [3.05, 3.63) is 24.4 Å². The van der Waals surface area contributed by atoms with Crippen molar-refractivity contribution in [3.8, 4) is 0 Å². The van der Waals surface area contributed by atoms with Crippen LogP contribution < -0.4 is 0 Å². The molecule has 112 valence electrons. The van der Waals surface area contributed by atoms with E-state index in [2.05, 4.69) is 9.82 Å². The Labute approximate surface area is 116 Å². The Hall–Kier alpha value is -2.49.